The number of H-pyrrole nitrogens is 1. The topological polar surface area (TPSA) is 49.8 Å². The van der Waals surface area contributed by atoms with Crippen LogP contribution < -0.4 is 5.32 Å². The van der Waals surface area contributed by atoms with Crippen molar-refractivity contribution in [1.29, 1.82) is 0 Å². The Bertz CT molecular complexity index is 980. The van der Waals surface area contributed by atoms with Crippen molar-refractivity contribution in [2.24, 2.45) is 0 Å². The van der Waals surface area contributed by atoms with E-state index in [0.717, 1.165) is 22.1 Å². The number of hydrogen-bond donors (Lipinski definition) is 2. The van der Waals surface area contributed by atoms with E-state index in [9.17, 15) is 4.79 Å². The Kier molecular flexibility index (Phi) is 3.35. The number of nitrogens with one attached hydrogen (secondary N) is 2. The molecule has 0 saturated carbocycles. The molecule has 0 unspecified atom stereocenters. The van der Waals surface area contributed by atoms with Crippen LogP contribution in [0.5, 0.6) is 0 Å². The van der Waals surface area contributed by atoms with Gasteiger partial charge in [0.1, 0.15) is 0 Å². The van der Waals surface area contributed by atoms with Gasteiger partial charge in [-0.1, -0.05) is 24.3 Å². The van der Waals surface area contributed by atoms with Crippen molar-refractivity contribution in [3.8, 4) is 0 Å². The van der Waals surface area contributed by atoms with Crippen LogP contribution in [-0.2, 0) is 11.3 Å². The molecule has 0 fully saturated rings. The third-order valence-electron chi connectivity index (χ3n) is 4.13. The van der Waals surface area contributed by atoms with E-state index in [-0.39, 0.29) is 5.91 Å². The van der Waals surface area contributed by atoms with Crippen LogP contribution in [0.15, 0.2) is 67.0 Å². The summed E-state index contributed by atoms with van der Waals surface area (Å²) in [5.74, 6) is 0.0245. The van der Waals surface area contributed by atoms with Crippen molar-refractivity contribution in [1.82, 2.24) is 9.55 Å². The number of aromatic amines is 1. The first-order valence-electron chi connectivity index (χ1n) is 7.71. The Hall–Kier alpha value is -3.01. The molecular formula is C19H17N3O. The lowest BCUT2D eigenvalue weighted by Gasteiger charge is -2.08. The first kappa shape index (κ1) is 13.6. The molecule has 0 radical (unpaired) electrons. The highest BCUT2D eigenvalue weighted by Gasteiger charge is 2.07. The zero-order valence-electron chi connectivity index (χ0n) is 12.6. The van der Waals surface area contributed by atoms with E-state index in [1.807, 2.05) is 48.8 Å². The number of para-hydroxylation sites is 1. The third-order valence-corrected chi connectivity index (χ3v) is 4.13. The Morgan fingerprint density at radius 1 is 1.04 bits per heavy atom. The van der Waals surface area contributed by atoms with E-state index >= 15 is 0 Å². The van der Waals surface area contributed by atoms with Crippen LogP contribution in [0.25, 0.3) is 21.8 Å². The van der Waals surface area contributed by atoms with Crippen LogP contribution >= 0.6 is 0 Å². The lowest BCUT2D eigenvalue weighted by molar-refractivity contribution is -0.116. The fourth-order valence-corrected chi connectivity index (χ4v) is 2.96. The number of rotatable bonds is 4. The standard InChI is InChI=1S/C19H17N3O/c23-19(21-17-6-3-5-16-15(17)8-11-20-16)10-13-22-12-9-14-4-1-2-7-18(14)22/h1-9,11-12,20H,10,13H2,(H,21,23). The molecule has 0 atom stereocenters. The average molecular weight is 303 g/mol. The summed E-state index contributed by atoms with van der Waals surface area (Å²) in [6.45, 7) is 0.669. The van der Waals surface area contributed by atoms with E-state index in [1.165, 1.54) is 5.39 Å². The number of nitrogens with zero attached hydrogens (tertiary/aromatic N) is 1. The van der Waals surface area contributed by atoms with Crippen LogP contribution in [0.1, 0.15) is 6.42 Å². The summed E-state index contributed by atoms with van der Waals surface area (Å²) < 4.78 is 2.12. The van der Waals surface area contributed by atoms with E-state index in [1.54, 1.807) is 0 Å². The highest BCUT2D eigenvalue weighted by atomic mass is 16.1. The number of aryl methyl sites for hydroxylation is 1. The second kappa shape index (κ2) is 5.65. The maximum absolute atomic E-state index is 12.3. The van der Waals surface area contributed by atoms with Gasteiger partial charge in [-0.15, -0.1) is 0 Å². The second-order valence-corrected chi connectivity index (χ2v) is 5.61. The monoisotopic (exact) mass is 303 g/mol. The summed E-state index contributed by atoms with van der Waals surface area (Å²) in [5.41, 5.74) is 3.04. The Morgan fingerprint density at radius 2 is 1.96 bits per heavy atom. The number of carbonyl (C=O) groups excluding carboxylic acids is 1. The van der Waals surface area contributed by atoms with Gasteiger partial charge in [-0.3, -0.25) is 4.79 Å². The molecule has 1 amide bonds. The van der Waals surface area contributed by atoms with E-state index < -0.39 is 0 Å². The van der Waals surface area contributed by atoms with Crippen molar-refractivity contribution >= 4 is 33.4 Å². The fraction of sp³-hybridized carbons (Fsp3) is 0.105. The number of hydrogen-bond acceptors (Lipinski definition) is 1. The molecule has 0 aliphatic heterocycles. The van der Waals surface area contributed by atoms with Gasteiger partial charge >= 0.3 is 0 Å². The van der Waals surface area contributed by atoms with Crippen molar-refractivity contribution in [2.75, 3.05) is 5.32 Å². The SMILES string of the molecule is O=C(CCn1ccc2ccccc21)Nc1cccc2[nH]ccc12. The summed E-state index contributed by atoms with van der Waals surface area (Å²) >= 11 is 0. The van der Waals surface area contributed by atoms with Gasteiger partial charge in [-0.2, -0.15) is 0 Å². The third kappa shape index (κ3) is 2.59. The maximum atomic E-state index is 12.3. The van der Waals surface area contributed by atoms with Crippen LogP contribution in [0.3, 0.4) is 0 Å². The lowest BCUT2D eigenvalue weighted by Crippen LogP contribution is -2.14. The number of anilines is 1. The molecule has 0 saturated heterocycles. The molecule has 4 nitrogen and oxygen atoms in total. The van der Waals surface area contributed by atoms with Crippen LogP contribution in [0.2, 0.25) is 0 Å². The van der Waals surface area contributed by atoms with Crippen LogP contribution in [0.4, 0.5) is 5.69 Å². The highest BCUT2D eigenvalue weighted by molar-refractivity contribution is 6.01. The minimum atomic E-state index is 0.0245. The van der Waals surface area contributed by atoms with Gasteiger partial charge < -0.3 is 14.9 Å². The first-order chi connectivity index (χ1) is 11.3. The zero-order chi connectivity index (χ0) is 15.6. The summed E-state index contributed by atoms with van der Waals surface area (Å²) in [4.78, 5) is 15.4. The highest BCUT2D eigenvalue weighted by Crippen LogP contribution is 2.22. The normalized spacial score (nSPS) is 11.1. The molecule has 2 heterocycles. The molecule has 0 aliphatic rings. The van der Waals surface area contributed by atoms with E-state index in [4.69, 9.17) is 0 Å². The Morgan fingerprint density at radius 3 is 2.91 bits per heavy atom. The molecule has 4 aromatic rings. The minimum absolute atomic E-state index is 0.0245. The van der Waals surface area contributed by atoms with Gasteiger partial charge in [0.2, 0.25) is 5.91 Å². The molecule has 23 heavy (non-hydrogen) atoms. The van der Waals surface area contributed by atoms with Gasteiger partial charge in [-0.05, 0) is 35.7 Å². The second-order valence-electron chi connectivity index (χ2n) is 5.61. The molecule has 114 valence electrons. The number of benzene rings is 2. The molecule has 2 aromatic carbocycles. The van der Waals surface area contributed by atoms with E-state index in [0.29, 0.717) is 13.0 Å². The van der Waals surface area contributed by atoms with Crippen molar-refractivity contribution in [2.45, 2.75) is 13.0 Å². The van der Waals surface area contributed by atoms with Crippen LogP contribution in [0, 0.1) is 0 Å². The molecule has 0 spiro atoms. The maximum Gasteiger partial charge on any atom is 0.226 e. The van der Waals surface area contributed by atoms with Crippen molar-refractivity contribution in [3.05, 3.63) is 67.0 Å². The Labute approximate surface area is 133 Å². The number of fused-ring (bicyclic) bond motifs is 2. The molecular weight excluding hydrogens is 286 g/mol. The zero-order valence-corrected chi connectivity index (χ0v) is 12.6. The summed E-state index contributed by atoms with van der Waals surface area (Å²) in [7, 11) is 0. The molecule has 4 rings (SSSR count). The number of carbonyl (C=O) groups is 1. The van der Waals surface area contributed by atoms with Crippen LogP contribution in [-0.4, -0.2) is 15.5 Å². The largest absolute Gasteiger partial charge is 0.361 e. The summed E-state index contributed by atoms with van der Waals surface area (Å²) in [5, 5.41) is 5.24. The molecule has 2 aromatic heterocycles. The van der Waals surface area contributed by atoms with Gasteiger partial charge in [0.25, 0.3) is 0 Å². The predicted molar refractivity (Wildman–Crippen MR) is 93.5 cm³/mol. The van der Waals surface area contributed by atoms with Gasteiger partial charge in [-0.25, -0.2) is 0 Å². The number of aromatic nitrogens is 2. The minimum Gasteiger partial charge on any atom is -0.361 e. The van der Waals surface area contributed by atoms with Crippen molar-refractivity contribution < 1.29 is 4.79 Å². The van der Waals surface area contributed by atoms with Gasteiger partial charge in [0, 0.05) is 41.8 Å². The summed E-state index contributed by atoms with van der Waals surface area (Å²) in [6.07, 6.45) is 4.36. The lowest BCUT2D eigenvalue weighted by atomic mass is 10.2. The average Bonchev–Trinajstić information content (AvgIpc) is 3.20. The predicted octanol–water partition coefficient (Wildman–Crippen LogP) is 4.15. The summed E-state index contributed by atoms with van der Waals surface area (Å²) in [6, 6.07) is 18.1. The quantitative estimate of drug-likeness (QED) is 0.584. The molecule has 0 aliphatic carbocycles. The van der Waals surface area contributed by atoms with Gasteiger partial charge in [0.15, 0.2) is 0 Å². The number of amides is 1. The molecule has 2 N–H and O–H groups in total. The van der Waals surface area contributed by atoms with Crippen molar-refractivity contribution in [3.63, 3.8) is 0 Å². The van der Waals surface area contributed by atoms with Gasteiger partial charge in [0.05, 0.1) is 5.69 Å². The van der Waals surface area contributed by atoms with E-state index in [2.05, 4.69) is 33.1 Å². The molecule has 4 heteroatoms. The first-order valence-corrected chi connectivity index (χ1v) is 7.71. The molecule has 0 bridgehead atoms. The smallest absolute Gasteiger partial charge is 0.226 e. The Balaban J connectivity index is 1.47. The fourth-order valence-electron chi connectivity index (χ4n) is 2.96.